The third kappa shape index (κ3) is 3.42. The van der Waals surface area contributed by atoms with Crippen LogP contribution in [0.4, 0.5) is 8.78 Å². The van der Waals surface area contributed by atoms with Crippen LogP contribution in [0, 0.1) is 0 Å². The van der Waals surface area contributed by atoms with E-state index in [9.17, 15) is 13.6 Å². The average Bonchev–Trinajstić information content (AvgIpc) is 2.45. The van der Waals surface area contributed by atoms with Gasteiger partial charge in [-0.05, 0) is 24.3 Å². The first-order chi connectivity index (χ1) is 9.61. The van der Waals surface area contributed by atoms with Gasteiger partial charge < -0.3 is 4.90 Å². The molecule has 106 valence electrons. The molecule has 2 aromatic rings. The van der Waals surface area contributed by atoms with Gasteiger partial charge in [0.2, 0.25) is 0 Å². The summed E-state index contributed by atoms with van der Waals surface area (Å²) in [6, 6.07) is 8.51. The molecule has 20 heavy (non-hydrogen) atoms. The number of carbonyl (C=O) groups excluding carboxylic acids is 1. The quantitative estimate of drug-likeness (QED) is 0.794. The minimum atomic E-state index is -2.58. The van der Waals surface area contributed by atoms with Crippen molar-refractivity contribution >= 4 is 28.4 Å². The molecule has 0 unspecified atom stereocenters. The summed E-state index contributed by atoms with van der Waals surface area (Å²) in [5.41, 5.74) is 1.11. The molecule has 0 saturated heterocycles. The number of nitrogens with zero attached hydrogens (tertiary/aromatic N) is 2. The van der Waals surface area contributed by atoms with Crippen molar-refractivity contribution in [2.45, 2.75) is 6.43 Å². The number of hydrogen-bond donors (Lipinski definition) is 0. The lowest BCUT2D eigenvalue weighted by Gasteiger charge is -2.21. The van der Waals surface area contributed by atoms with Crippen molar-refractivity contribution in [1.29, 1.82) is 0 Å². The van der Waals surface area contributed by atoms with Gasteiger partial charge in [0.25, 0.3) is 12.3 Å². The van der Waals surface area contributed by atoms with Gasteiger partial charge in [0, 0.05) is 29.6 Å². The molecule has 1 heterocycles. The standard InChI is InChI=1S/C14H13ClF2N2O/c15-5-7-19(9-13(16)17)14(20)11-3-4-12-10(8-11)2-1-6-18-12/h1-4,6,8,13H,5,7,9H2. The first kappa shape index (κ1) is 14.7. The Morgan fingerprint density at radius 1 is 1.35 bits per heavy atom. The van der Waals surface area contributed by atoms with E-state index in [0.29, 0.717) is 5.56 Å². The number of hydrogen-bond acceptors (Lipinski definition) is 2. The van der Waals surface area contributed by atoms with E-state index in [-0.39, 0.29) is 12.4 Å². The first-order valence-corrected chi connectivity index (χ1v) is 6.63. The second-order valence-electron chi connectivity index (χ2n) is 4.24. The van der Waals surface area contributed by atoms with Crippen molar-refractivity contribution in [3.63, 3.8) is 0 Å². The van der Waals surface area contributed by atoms with E-state index in [1.165, 1.54) is 0 Å². The Hall–Kier alpha value is -1.75. The van der Waals surface area contributed by atoms with Gasteiger partial charge in [-0.2, -0.15) is 0 Å². The van der Waals surface area contributed by atoms with E-state index >= 15 is 0 Å². The van der Waals surface area contributed by atoms with Crippen LogP contribution < -0.4 is 0 Å². The fraction of sp³-hybridized carbons (Fsp3) is 0.286. The SMILES string of the molecule is O=C(c1ccc2ncccc2c1)N(CCCl)CC(F)F. The molecule has 0 aliphatic carbocycles. The Morgan fingerprint density at radius 3 is 2.85 bits per heavy atom. The van der Waals surface area contributed by atoms with Crippen LogP contribution >= 0.6 is 11.6 Å². The molecule has 3 nitrogen and oxygen atoms in total. The van der Waals surface area contributed by atoms with Gasteiger partial charge in [0.15, 0.2) is 0 Å². The van der Waals surface area contributed by atoms with Gasteiger partial charge in [0.05, 0.1) is 12.1 Å². The summed E-state index contributed by atoms with van der Waals surface area (Å²) in [6.45, 7) is -0.521. The predicted molar refractivity (Wildman–Crippen MR) is 74.4 cm³/mol. The summed E-state index contributed by atoms with van der Waals surface area (Å²) in [5, 5.41) is 0.793. The number of alkyl halides is 3. The molecule has 0 atom stereocenters. The number of halogens is 3. The van der Waals surface area contributed by atoms with Crippen molar-refractivity contribution in [3.8, 4) is 0 Å². The Morgan fingerprint density at radius 2 is 2.15 bits per heavy atom. The lowest BCUT2D eigenvalue weighted by molar-refractivity contribution is 0.0571. The largest absolute Gasteiger partial charge is 0.332 e. The van der Waals surface area contributed by atoms with E-state index in [4.69, 9.17) is 11.6 Å². The minimum absolute atomic E-state index is 0.0931. The molecule has 2 rings (SSSR count). The zero-order chi connectivity index (χ0) is 14.5. The summed E-state index contributed by atoms with van der Waals surface area (Å²) < 4.78 is 25.0. The molecular formula is C14H13ClF2N2O. The average molecular weight is 299 g/mol. The van der Waals surface area contributed by atoms with Crippen molar-refractivity contribution in [2.75, 3.05) is 19.0 Å². The van der Waals surface area contributed by atoms with Crippen LogP contribution in [-0.2, 0) is 0 Å². The topological polar surface area (TPSA) is 33.2 Å². The fourth-order valence-electron chi connectivity index (χ4n) is 1.94. The fourth-order valence-corrected chi connectivity index (χ4v) is 2.14. The lowest BCUT2D eigenvalue weighted by atomic mass is 10.1. The zero-order valence-electron chi connectivity index (χ0n) is 10.6. The van der Waals surface area contributed by atoms with E-state index in [2.05, 4.69) is 4.98 Å². The Kier molecular flexibility index (Phi) is 4.84. The highest BCUT2D eigenvalue weighted by atomic mass is 35.5. The highest BCUT2D eigenvalue weighted by molar-refractivity contribution is 6.18. The maximum atomic E-state index is 12.5. The molecule has 0 aliphatic rings. The number of carbonyl (C=O) groups is 1. The monoisotopic (exact) mass is 298 g/mol. The Labute approximate surface area is 120 Å². The molecule has 1 aromatic carbocycles. The van der Waals surface area contributed by atoms with Crippen LogP contribution in [0.2, 0.25) is 0 Å². The first-order valence-electron chi connectivity index (χ1n) is 6.10. The van der Waals surface area contributed by atoms with Gasteiger partial charge in [-0.25, -0.2) is 8.78 Å². The Balaban J connectivity index is 2.28. The van der Waals surface area contributed by atoms with Crippen molar-refractivity contribution in [2.24, 2.45) is 0 Å². The number of rotatable bonds is 5. The van der Waals surface area contributed by atoms with E-state index in [1.54, 1.807) is 30.5 Å². The van der Waals surface area contributed by atoms with Crippen LogP contribution in [-0.4, -0.2) is 41.2 Å². The van der Waals surface area contributed by atoms with Gasteiger partial charge in [-0.3, -0.25) is 9.78 Å². The van der Waals surface area contributed by atoms with E-state index < -0.39 is 18.9 Å². The number of amides is 1. The second-order valence-corrected chi connectivity index (χ2v) is 4.62. The molecule has 0 saturated carbocycles. The summed E-state index contributed by atoms with van der Waals surface area (Å²) in [4.78, 5) is 17.4. The molecule has 1 aromatic heterocycles. The van der Waals surface area contributed by atoms with Gasteiger partial charge in [-0.15, -0.1) is 11.6 Å². The second kappa shape index (κ2) is 6.61. The maximum Gasteiger partial charge on any atom is 0.255 e. The molecule has 0 spiro atoms. The molecule has 0 bridgehead atoms. The molecule has 6 heteroatoms. The minimum Gasteiger partial charge on any atom is -0.332 e. The van der Waals surface area contributed by atoms with Crippen molar-refractivity contribution in [3.05, 3.63) is 42.1 Å². The lowest BCUT2D eigenvalue weighted by Crippen LogP contribution is -2.36. The van der Waals surface area contributed by atoms with Gasteiger partial charge >= 0.3 is 0 Å². The molecule has 1 amide bonds. The zero-order valence-corrected chi connectivity index (χ0v) is 11.4. The van der Waals surface area contributed by atoms with E-state index in [0.717, 1.165) is 15.8 Å². The Bertz CT molecular complexity index is 606. The van der Waals surface area contributed by atoms with E-state index in [1.807, 2.05) is 6.07 Å². The third-order valence-electron chi connectivity index (χ3n) is 2.85. The van der Waals surface area contributed by atoms with Crippen LogP contribution in [0.25, 0.3) is 10.9 Å². The van der Waals surface area contributed by atoms with Crippen molar-refractivity contribution in [1.82, 2.24) is 9.88 Å². The van der Waals surface area contributed by atoms with Gasteiger partial charge in [0.1, 0.15) is 0 Å². The van der Waals surface area contributed by atoms with Crippen molar-refractivity contribution < 1.29 is 13.6 Å². The van der Waals surface area contributed by atoms with Crippen LogP contribution in [0.15, 0.2) is 36.5 Å². The third-order valence-corrected chi connectivity index (χ3v) is 3.02. The highest BCUT2D eigenvalue weighted by Crippen LogP contribution is 2.15. The molecule has 0 fully saturated rings. The number of aromatic nitrogens is 1. The van der Waals surface area contributed by atoms with Crippen LogP contribution in [0.3, 0.4) is 0 Å². The predicted octanol–water partition coefficient (Wildman–Crippen LogP) is 3.18. The molecule has 0 N–H and O–H groups in total. The number of pyridine rings is 1. The highest BCUT2D eigenvalue weighted by Gasteiger charge is 2.19. The summed E-state index contributed by atoms with van der Waals surface area (Å²) in [7, 11) is 0. The smallest absolute Gasteiger partial charge is 0.255 e. The normalized spacial score (nSPS) is 11.0. The summed E-state index contributed by atoms with van der Waals surface area (Å²) in [5.74, 6) is -0.329. The maximum absolute atomic E-state index is 12.5. The van der Waals surface area contributed by atoms with Crippen LogP contribution in [0.5, 0.6) is 0 Å². The molecule has 0 aliphatic heterocycles. The summed E-state index contributed by atoms with van der Waals surface area (Å²) >= 11 is 5.56. The molecular weight excluding hydrogens is 286 g/mol. The number of fused-ring (bicyclic) bond motifs is 1. The number of benzene rings is 1. The molecule has 0 radical (unpaired) electrons. The van der Waals surface area contributed by atoms with Gasteiger partial charge in [-0.1, -0.05) is 6.07 Å². The summed E-state index contributed by atoms with van der Waals surface area (Å²) in [6.07, 6.45) is -0.926. The van der Waals surface area contributed by atoms with Crippen LogP contribution in [0.1, 0.15) is 10.4 Å².